The van der Waals surface area contributed by atoms with Gasteiger partial charge in [0.2, 0.25) is 0 Å². The molecule has 0 saturated heterocycles. The van der Waals surface area contributed by atoms with Gasteiger partial charge in [-0.1, -0.05) is 12.1 Å². The largest absolute Gasteiger partial charge is 0.459 e. The summed E-state index contributed by atoms with van der Waals surface area (Å²) < 4.78 is 5.90. The Labute approximate surface area is 172 Å². The predicted octanol–water partition coefficient (Wildman–Crippen LogP) is 4.35. The third kappa shape index (κ3) is 6.05. The van der Waals surface area contributed by atoms with Gasteiger partial charge in [0.25, 0.3) is 0 Å². The van der Waals surface area contributed by atoms with Crippen molar-refractivity contribution in [1.29, 1.82) is 0 Å². The lowest BCUT2D eigenvalue weighted by atomic mass is 9.93. The molecule has 0 saturated carbocycles. The Morgan fingerprint density at radius 3 is 2.46 bits per heavy atom. The average molecular weight is 447 g/mol. The van der Waals surface area contributed by atoms with Gasteiger partial charge in [0.15, 0.2) is 11.6 Å². The Balaban J connectivity index is 2.23. The SMILES string of the molecule is Cc1cccnc1C(=O)CCC(C(=O)OC(C)(C)C)C(=O)c1cccc(Br)n1. The number of Topliss-reactive ketones (excluding diaryl/α,β-unsaturated/α-hetero) is 2. The molecule has 0 spiro atoms. The second-order valence-electron chi connectivity index (χ2n) is 7.43. The topological polar surface area (TPSA) is 86.2 Å². The summed E-state index contributed by atoms with van der Waals surface area (Å²) in [5.74, 6) is -2.47. The molecule has 0 radical (unpaired) electrons. The molecule has 2 rings (SSSR count). The molecule has 0 amide bonds. The minimum atomic E-state index is -1.12. The minimum absolute atomic E-state index is 0.00149. The number of rotatable bonds is 7. The molecule has 0 aromatic carbocycles. The van der Waals surface area contributed by atoms with Crippen molar-refractivity contribution in [2.24, 2.45) is 5.92 Å². The van der Waals surface area contributed by atoms with E-state index in [-0.39, 0.29) is 24.3 Å². The van der Waals surface area contributed by atoms with Crippen LogP contribution in [0.1, 0.15) is 60.2 Å². The van der Waals surface area contributed by atoms with Gasteiger partial charge < -0.3 is 4.74 Å². The van der Waals surface area contributed by atoms with Crippen LogP contribution in [-0.4, -0.2) is 33.1 Å². The van der Waals surface area contributed by atoms with E-state index in [0.29, 0.717) is 10.3 Å². The number of hydrogen-bond acceptors (Lipinski definition) is 6. The van der Waals surface area contributed by atoms with E-state index in [9.17, 15) is 14.4 Å². The molecule has 28 heavy (non-hydrogen) atoms. The highest BCUT2D eigenvalue weighted by atomic mass is 79.9. The first-order valence-corrected chi connectivity index (χ1v) is 9.72. The van der Waals surface area contributed by atoms with E-state index in [1.54, 1.807) is 58.2 Å². The Kier molecular flexibility index (Phi) is 7.18. The molecule has 7 heteroatoms. The number of ketones is 2. The molecular formula is C21H23BrN2O4. The Hall–Kier alpha value is -2.41. The lowest BCUT2D eigenvalue weighted by Crippen LogP contribution is -2.33. The van der Waals surface area contributed by atoms with Crippen LogP contribution in [0.5, 0.6) is 0 Å². The van der Waals surface area contributed by atoms with Gasteiger partial charge in [0, 0.05) is 12.6 Å². The van der Waals surface area contributed by atoms with Crippen LogP contribution < -0.4 is 0 Å². The normalized spacial score (nSPS) is 12.3. The van der Waals surface area contributed by atoms with Crippen LogP contribution in [-0.2, 0) is 9.53 Å². The average Bonchev–Trinajstić information content (AvgIpc) is 2.60. The third-order valence-corrected chi connectivity index (χ3v) is 4.35. The molecular weight excluding hydrogens is 424 g/mol. The van der Waals surface area contributed by atoms with Crippen LogP contribution in [0.3, 0.4) is 0 Å². The number of carbonyl (C=O) groups excluding carboxylic acids is 3. The first-order valence-electron chi connectivity index (χ1n) is 8.93. The Morgan fingerprint density at radius 2 is 1.86 bits per heavy atom. The molecule has 148 valence electrons. The molecule has 6 nitrogen and oxygen atoms in total. The fraction of sp³-hybridized carbons (Fsp3) is 0.381. The maximum absolute atomic E-state index is 12.9. The zero-order chi connectivity index (χ0) is 20.9. The van der Waals surface area contributed by atoms with Crippen LogP contribution in [0.4, 0.5) is 0 Å². The van der Waals surface area contributed by atoms with Crippen LogP contribution in [0, 0.1) is 12.8 Å². The molecule has 0 bridgehead atoms. The number of esters is 1. The van der Waals surface area contributed by atoms with Crippen LogP contribution in [0.2, 0.25) is 0 Å². The number of hydrogen-bond donors (Lipinski definition) is 0. The van der Waals surface area contributed by atoms with Crippen molar-refractivity contribution in [3.63, 3.8) is 0 Å². The smallest absolute Gasteiger partial charge is 0.317 e. The quantitative estimate of drug-likeness (QED) is 0.272. The number of aryl methyl sites for hydroxylation is 1. The van der Waals surface area contributed by atoms with Crippen molar-refractivity contribution < 1.29 is 19.1 Å². The lowest BCUT2D eigenvalue weighted by Gasteiger charge is -2.23. The molecule has 1 unspecified atom stereocenters. The van der Waals surface area contributed by atoms with Crippen molar-refractivity contribution in [3.8, 4) is 0 Å². The van der Waals surface area contributed by atoms with Crippen molar-refractivity contribution in [2.45, 2.75) is 46.1 Å². The standard InChI is InChI=1S/C21H23BrN2O4/c1-13-7-6-12-23-18(13)16(25)11-10-14(20(27)28-21(2,3)4)19(26)15-8-5-9-17(22)24-15/h5-9,12,14H,10-11H2,1-4H3. The van der Waals surface area contributed by atoms with Gasteiger partial charge in [-0.25, -0.2) is 4.98 Å². The number of aromatic nitrogens is 2. The fourth-order valence-corrected chi connectivity index (χ4v) is 2.97. The summed E-state index contributed by atoms with van der Waals surface area (Å²) in [6, 6.07) is 8.43. The van der Waals surface area contributed by atoms with Crippen LogP contribution >= 0.6 is 15.9 Å². The number of carbonyl (C=O) groups is 3. The number of pyridine rings is 2. The molecule has 0 aliphatic heterocycles. The molecule has 2 aromatic heterocycles. The van der Waals surface area contributed by atoms with Crippen LogP contribution in [0.15, 0.2) is 41.1 Å². The summed E-state index contributed by atoms with van der Waals surface area (Å²) in [5.41, 5.74) is 0.494. The van der Waals surface area contributed by atoms with Gasteiger partial charge in [0.05, 0.1) is 0 Å². The van der Waals surface area contributed by atoms with E-state index in [1.807, 2.05) is 0 Å². The fourth-order valence-electron chi connectivity index (χ4n) is 2.62. The first kappa shape index (κ1) is 21.9. The van der Waals surface area contributed by atoms with E-state index in [1.165, 1.54) is 6.07 Å². The van der Waals surface area contributed by atoms with Gasteiger partial charge in [0.1, 0.15) is 27.5 Å². The molecule has 0 aliphatic carbocycles. The third-order valence-electron chi connectivity index (χ3n) is 3.91. The van der Waals surface area contributed by atoms with E-state index in [4.69, 9.17) is 4.74 Å². The van der Waals surface area contributed by atoms with Crippen molar-refractivity contribution in [3.05, 3.63) is 58.1 Å². The van der Waals surface area contributed by atoms with Gasteiger partial charge in [-0.15, -0.1) is 0 Å². The summed E-state index contributed by atoms with van der Waals surface area (Å²) in [6.07, 6.45) is 1.57. The van der Waals surface area contributed by atoms with E-state index in [2.05, 4.69) is 25.9 Å². The monoisotopic (exact) mass is 446 g/mol. The maximum atomic E-state index is 12.9. The summed E-state index contributed by atoms with van der Waals surface area (Å²) in [6.45, 7) is 6.98. The first-order chi connectivity index (χ1) is 13.1. The Morgan fingerprint density at radius 1 is 1.14 bits per heavy atom. The van der Waals surface area contributed by atoms with Gasteiger partial charge in [-0.3, -0.25) is 19.4 Å². The predicted molar refractivity (Wildman–Crippen MR) is 108 cm³/mol. The van der Waals surface area contributed by atoms with Crippen molar-refractivity contribution >= 4 is 33.5 Å². The summed E-state index contributed by atoms with van der Waals surface area (Å²) in [5, 5.41) is 0. The number of nitrogens with zero attached hydrogens (tertiary/aromatic N) is 2. The summed E-state index contributed by atoms with van der Waals surface area (Å²) in [7, 11) is 0. The van der Waals surface area contributed by atoms with E-state index < -0.39 is 23.3 Å². The molecule has 0 N–H and O–H groups in total. The molecule has 1 atom stereocenters. The molecule has 0 fully saturated rings. The highest BCUT2D eigenvalue weighted by Gasteiger charge is 2.33. The van der Waals surface area contributed by atoms with Crippen molar-refractivity contribution in [2.75, 3.05) is 0 Å². The number of halogens is 1. The highest BCUT2D eigenvalue weighted by Crippen LogP contribution is 2.21. The molecule has 2 aromatic rings. The van der Waals surface area contributed by atoms with Gasteiger partial charge in [-0.05, 0) is 73.8 Å². The highest BCUT2D eigenvalue weighted by molar-refractivity contribution is 9.10. The second-order valence-corrected chi connectivity index (χ2v) is 8.24. The second kappa shape index (κ2) is 9.19. The minimum Gasteiger partial charge on any atom is -0.459 e. The maximum Gasteiger partial charge on any atom is 0.317 e. The summed E-state index contributed by atoms with van der Waals surface area (Å²) >= 11 is 3.22. The van der Waals surface area contributed by atoms with E-state index in [0.717, 1.165) is 5.56 Å². The summed E-state index contributed by atoms with van der Waals surface area (Å²) in [4.78, 5) is 46.4. The zero-order valence-electron chi connectivity index (χ0n) is 16.4. The van der Waals surface area contributed by atoms with Gasteiger partial charge >= 0.3 is 5.97 Å². The zero-order valence-corrected chi connectivity index (χ0v) is 17.9. The van der Waals surface area contributed by atoms with Gasteiger partial charge in [-0.2, -0.15) is 0 Å². The number of ether oxygens (including phenoxy) is 1. The van der Waals surface area contributed by atoms with E-state index >= 15 is 0 Å². The van der Waals surface area contributed by atoms with Crippen molar-refractivity contribution in [1.82, 2.24) is 9.97 Å². The molecule has 0 aliphatic rings. The Bertz CT molecular complexity index is 890. The van der Waals surface area contributed by atoms with Crippen LogP contribution in [0.25, 0.3) is 0 Å². The molecule has 2 heterocycles. The lowest BCUT2D eigenvalue weighted by molar-refractivity contribution is -0.158.